The second-order valence-electron chi connectivity index (χ2n) is 8.85. The fourth-order valence-electron chi connectivity index (χ4n) is 4.64. The molecule has 2 nitrogen and oxygen atoms in total. The number of halogens is 2. The van der Waals surface area contributed by atoms with Gasteiger partial charge in [-0.05, 0) is 0 Å². The molecule has 0 aliphatic heterocycles. The van der Waals surface area contributed by atoms with Crippen LogP contribution in [0.5, 0.6) is 0 Å². The van der Waals surface area contributed by atoms with Gasteiger partial charge >= 0.3 is 148 Å². The zero-order valence-electron chi connectivity index (χ0n) is 16.3. The molecule has 0 bridgehead atoms. The standard InChI is InChI=1S/C9H7.C5H5.C3H9OSi.CH3O.CH3.2ClH.H2Si.Zr/c1-2-5-9-7-3-6-8(9)4-1;1-2-4-5-3-1;1-5(2,3)4;1-2;;;;;/h1-7H;1-3H,4H2;1-3H3;1H3;1H3;2*1H;1H2;/q;;2*-1;;;;;+2. The molecular formula is C19H31Cl2O2Si2Zr. The van der Waals surface area contributed by atoms with Gasteiger partial charge in [0.2, 0.25) is 0 Å². The molecule has 26 heavy (non-hydrogen) atoms. The molecule has 0 saturated heterocycles. The van der Waals surface area contributed by atoms with Gasteiger partial charge in [0.1, 0.15) is 0 Å². The Kier molecular flexibility index (Phi) is 6.78. The topological polar surface area (TPSA) is 18.5 Å². The summed E-state index contributed by atoms with van der Waals surface area (Å²) in [7, 11) is 0.0422. The Morgan fingerprint density at radius 3 is 2.35 bits per heavy atom. The maximum absolute atomic E-state index is 7.25. The summed E-state index contributed by atoms with van der Waals surface area (Å²) in [5, 5.41) is 0. The quantitative estimate of drug-likeness (QED) is 0.482. The molecular weight excluding hydrogens is 479 g/mol. The van der Waals surface area contributed by atoms with Gasteiger partial charge in [0.15, 0.2) is 0 Å². The number of benzene rings is 1. The first-order valence-electron chi connectivity index (χ1n) is 8.70. The van der Waals surface area contributed by atoms with Crippen LogP contribution >= 0.6 is 24.8 Å². The molecule has 1 aromatic carbocycles. The van der Waals surface area contributed by atoms with E-state index >= 15 is 0 Å². The monoisotopic (exact) mass is 507 g/mol. The van der Waals surface area contributed by atoms with E-state index in [-0.39, 0.29) is 28.4 Å². The van der Waals surface area contributed by atoms with Crippen molar-refractivity contribution < 1.29 is 22.1 Å². The van der Waals surface area contributed by atoms with Gasteiger partial charge in [0.25, 0.3) is 0 Å². The molecule has 0 heterocycles. The van der Waals surface area contributed by atoms with Gasteiger partial charge in [0.05, 0.1) is 0 Å². The van der Waals surface area contributed by atoms with Crippen LogP contribution in [0.15, 0.2) is 51.9 Å². The summed E-state index contributed by atoms with van der Waals surface area (Å²) in [6, 6.07) is 8.69. The number of hydrogen-bond donors (Lipinski definition) is 0. The summed E-state index contributed by atoms with van der Waals surface area (Å²) in [6.45, 7) is 8.92. The van der Waals surface area contributed by atoms with E-state index in [4.69, 9.17) is 5.32 Å². The van der Waals surface area contributed by atoms with Crippen molar-refractivity contribution in [3.05, 3.63) is 63.0 Å². The summed E-state index contributed by atoms with van der Waals surface area (Å²) >= 11 is -4.73. The van der Waals surface area contributed by atoms with E-state index in [0.29, 0.717) is 0 Å². The molecule has 0 fully saturated rings. The van der Waals surface area contributed by atoms with Crippen molar-refractivity contribution in [2.24, 2.45) is 0 Å². The Hall–Kier alpha value is 0.257. The third-order valence-electron chi connectivity index (χ3n) is 5.79. The van der Waals surface area contributed by atoms with Crippen molar-refractivity contribution in [3.63, 3.8) is 0 Å². The number of rotatable bonds is 5. The zero-order chi connectivity index (χ0) is 17.7. The summed E-state index contributed by atoms with van der Waals surface area (Å²) in [4.78, 5) is 0. The van der Waals surface area contributed by atoms with E-state index in [0.717, 1.165) is 6.42 Å². The second kappa shape index (κ2) is 7.26. The van der Waals surface area contributed by atoms with Crippen LogP contribution in [-0.2, 0) is 22.1 Å². The number of hydrogen-bond acceptors (Lipinski definition) is 2. The van der Waals surface area contributed by atoms with E-state index in [1.54, 1.807) is 0 Å². The maximum atomic E-state index is 7.25. The Balaban J connectivity index is 0.00000169. The summed E-state index contributed by atoms with van der Waals surface area (Å²) in [5.41, 5.74) is 2.66. The molecule has 7 heteroatoms. The van der Waals surface area contributed by atoms with E-state index in [1.807, 2.05) is 7.11 Å². The first-order valence-corrected chi connectivity index (χ1v) is 25.1. The molecule has 1 unspecified atom stereocenters. The van der Waals surface area contributed by atoms with Crippen molar-refractivity contribution in [2.45, 2.75) is 34.3 Å². The average molecular weight is 510 g/mol. The van der Waals surface area contributed by atoms with Gasteiger partial charge in [-0.3, -0.25) is 0 Å². The van der Waals surface area contributed by atoms with E-state index in [9.17, 15) is 0 Å². The Morgan fingerprint density at radius 1 is 1.15 bits per heavy atom. The van der Waals surface area contributed by atoms with Crippen LogP contribution in [0.4, 0.5) is 0 Å². The average Bonchev–Trinajstić information content (AvgIpc) is 3.16. The van der Waals surface area contributed by atoms with Crippen LogP contribution in [0, 0.1) is 0 Å². The minimum absolute atomic E-state index is 0. The Bertz CT molecular complexity index is 886. The van der Waals surface area contributed by atoms with Crippen molar-refractivity contribution in [3.8, 4) is 0 Å². The molecule has 2 aliphatic carbocycles. The zero-order valence-corrected chi connectivity index (χ0v) is 22.8. The van der Waals surface area contributed by atoms with E-state index < -0.39 is 25.1 Å². The predicted octanol–water partition coefficient (Wildman–Crippen LogP) is 5.59. The SMILES string of the molecule is C[O][Zr]([CH3])(=[SiH2])([O][Si](C)(C)C)([C]1=CC=CC1)[CH]1C=Cc2ccccc21.Cl.Cl. The summed E-state index contributed by atoms with van der Waals surface area (Å²) in [5.74, 6) is 0. The van der Waals surface area contributed by atoms with Gasteiger partial charge in [-0.25, -0.2) is 0 Å². The van der Waals surface area contributed by atoms with Crippen molar-refractivity contribution in [1.82, 2.24) is 0 Å². The van der Waals surface area contributed by atoms with Crippen LogP contribution in [0.2, 0.25) is 24.3 Å². The van der Waals surface area contributed by atoms with E-state index in [2.05, 4.69) is 85.8 Å². The molecule has 1 atom stereocenters. The first kappa shape index (κ1) is 24.3. The minimum atomic E-state index is -4.73. The second-order valence-corrected chi connectivity index (χ2v) is 44.0. The van der Waals surface area contributed by atoms with Gasteiger partial charge < -0.3 is 0 Å². The van der Waals surface area contributed by atoms with Crippen LogP contribution in [0.1, 0.15) is 21.2 Å². The van der Waals surface area contributed by atoms with Gasteiger partial charge in [-0.1, -0.05) is 0 Å². The van der Waals surface area contributed by atoms with Crippen LogP contribution in [0.3, 0.4) is 0 Å². The number of allylic oxidation sites excluding steroid dienone is 5. The molecule has 0 amide bonds. The van der Waals surface area contributed by atoms with Gasteiger partial charge in [-0.15, -0.1) is 24.8 Å². The van der Waals surface area contributed by atoms with Gasteiger partial charge in [-0.2, -0.15) is 0 Å². The largest absolute Gasteiger partial charge is 0.147 e. The fourth-order valence-corrected chi connectivity index (χ4v) is 45.4. The Labute approximate surface area is 171 Å². The maximum Gasteiger partial charge on any atom is -0.147 e. The Morgan fingerprint density at radius 2 is 1.81 bits per heavy atom. The van der Waals surface area contributed by atoms with Gasteiger partial charge in [0, 0.05) is 0 Å². The molecule has 3 rings (SSSR count). The first-order chi connectivity index (χ1) is 11.0. The molecule has 0 saturated carbocycles. The van der Waals surface area contributed by atoms with Crippen LogP contribution < -0.4 is 0 Å². The normalized spacial score (nSPS) is 21.1. The fraction of sp³-hybridized carbons (Fsp3) is 0.368. The molecule has 0 radical (unpaired) electrons. The van der Waals surface area contributed by atoms with Crippen molar-refractivity contribution in [2.75, 3.05) is 7.11 Å². The van der Waals surface area contributed by atoms with E-state index in [1.165, 1.54) is 14.4 Å². The third kappa shape index (κ3) is 3.61. The smallest absolute Gasteiger partial charge is 0.147 e. The molecule has 1 aromatic rings. The van der Waals surface area contributed by atoms with Crippen LogP contribution in [0.25, 0.3) is 6.08 Å². The van der Waals surface area contributed by atoms with Crippen molar-refractivity contribution in [1.29, 1.82) is 0 Å². The molecule has 145 valence electrons. The van der Waals surface area contributed by atoms with Crippen LogP contribution in [-0.4, -0.2) is 22.3 Å². The molecule has 0 aromatic heterocycles. The summed E-state index contributed by atoms with van der Waals surface area (Å²) in [6.07, 6.45) is 12.2. The molecule has 2 aliphatic rings. The molecule has 0 N–H and O–H groups in total. The number of fused-ring (bicyclic) bond motifs is 1. The predicted molar refractivity (Wildman–Crippen MR) is 120 cm³/mol. The molecule has 0 spiro atoms. The minimum Gasteiger partial charge on any atom is -0.147 e. The summed E-state index contributed by atoms with van der Waals surface area (Å²) < 4.78 is 17.9. The van der Waals surface area contributed by atoms with Crippen molar-refractivity contribution >= 4 is 46.1 Å². The third-order valence-corrected chi connectivity index (χ3v) is 40.8.